The van der Waals surface area contributed by atoms with Crippen molar-refractivity contribution in [1.29, 1.82) is 0 Å². The fourth-order valence-corrected chi connectivity index (χ4v) is 7.37. The Hall–Kier alpha value is -5.80. The number of rotatable bonds is 23. The number of para-hydroxylation sites is 1. The van der Waals surface area contributed by atoms with Gasteiger partial charge in [-0.3, -0.25) is 29.3 Å². The number of nitrogens with one attached hydrogen (secondary N) is 6. The molecule has 0 saturated heterocycles. The van der Waals surface area contributed by atoms with E-state index < -0.39 is 54.1 Å². The minimum absolute atomic E-state index is 0.0764. The molecular weight excluding hydrogens is 782 g/mol. The number of carbonyl (C=O) groups is 5. The maximum absolute atomic E-state index is 14.3. The predicted molar refractivity (Wildman–Crippen MR) is 233 cm³/mol. The average molecular weight is 838 g/mol. The normalized spacial score (nSPS) is 15.1. The summed E-state index contributed by atoms with van der Waals surface area (Å²) < 4.78 is 0. The van der Waals surface area contributed by atoms with Gasteiger partial charge in [0.05, 0.1) is 0 Å². The second-order valence-corrected chi connectivity index (χ2v) is 15.5. The van der Waals surface area contributed by atoms with Gasteiger partial charge in [-0.05, 0) is 79.1 Å². The highest BCUT2D eigenvalue weighted by atomic mass is 35.5. The summed E-state index contributed by atoms with van der Waals surface area (Å²) in [6, 6.07) is 29.3. The van der Waals surface area contributed by atoms with Gasteiger partial charge < -0.3 is 43.8 Å². The highest BCUT2D eigenvalue weighted by Gasteiger charge is 2.33. The molecule has 4 unspecified atom stereocenters. The Morgan fingerprint density at radius 1 is 0.650 bits per heavy atom. The summed E-state index contributed by atoms with van der Waals surface area (Å²) in [7, 11) is 0. The molecule has 60 heavy (non-hydrogen) atoms. The van der Waals surface area contributed by atoms with Crippen LogP contribution in [0.25, 0.3) is 0 Å². The number of benzene rings is 4. The highest BCUT2D eigenvalue weighted by Crippen LogP contribution is 2.34. The molecule has 4 aromatic carbocycles. The molecule has 1 aliphatic rings. The van der Waals surface area contributed by atoms with Gasteiger partial charge in [-0.1, -0.05) is 103 Å². The molecule has 1 aliphatic heterocycles. The zero-order valence-corrected chi connectivity index (χ0v) is 34.3. The Labute approximate surface area is 356 Å². The maximum Gasteiger partial charge on any atom is 0.243 e. The average Bonchev–Trinajstić information content (AvgIpc) is 3.65. The number of anilines is 1. The summed E-state index contributed by atoms with van der Waals surface area (Å²) in [5.41, 5.74) is 21.7. The monoisotopic (exact) mass is 837 g/mol. The second kappa shape index (κ2) is 23.1. The van der Waals surface area contributed by atoms with Gasteiger partial charge in [-0.2, -0.15) is 0 Å². The molecule has 318 valence electrons. The van der Waals surface area contributed by atoms with Crippen LogP contribution in [-0.2, 0) is 43.2 Å². The van der Waals surface area contributed by atoms with Crippen LogP contribution in [0, 0.1) is 0 Å². The van der Waals surface area contributed by atoms with Crippen molar-refractivity contribution in [3.63, 3.8) is 0 Å². The van der Waals surface area contributed by atoms with Crippen molar-refractivity contribution >= 4 is 46.8 Å². The second-order valence-electron chi connectivity index (χ2n) is 15.1. The van der Waals surface area contributed by atoms with Gasteiger partial charge in [0.1, 0.15) is 30.5 Å². The van der Waals surface area contributed by atoms with Crippen LogP contribution in [-0.4, -0.2) is 73.1 Å². The van der Waals surface area contributed by atoms with Crippen molar-refractivity contribution in [2.45, 2.75) is 87.7 Å². The molecule has 12 N–H and O–H groups in total. The van der Waals surface area contributed by atoms with E-state index in [0.717, 1.165) is 27.9 Å². The van der Waals surface area contributed by atoms with Crippen LogP contribution < -0.4 is 49.1 Å². The zero-order chi connectivity index (χ0) is 42.9. The molecule has 5 atom stereocenters. The largest absolute Gasteiger partial charge is 0.384 e. The topological polar surface area (TPSA) is 236 Å². The Morgan fingerprint density at radius 3 is 1.85 bits per heavy atom. The predicted octanol–water partition coefficient (Wildman–Crippen LogP) is 2.74. The Balaban J connectivity index is 1.33. The van der Waals surface area contributed by atoms with Crippen LogP contribution in [0.15, 0.2) is 109 Å². The van der Waals surface area contributed by atoms with E-state index in [0.29, 0.717) is 37.4 Å². The van der Waals surface area contributed by atoms with Crippen LogP contribution in [0.1, 0.15) is 60.3 Å². The Bertz CT molecular complexity index is 2020. The van der Waals surface area contributed by atoms with Crippen molar-refractivity contribution in [3.8, 4) is 0 Å². The lowest BCUT2D eigenvalue weighted by atomic mass is 9.93. The minimum atomic E-state index is -1.17. The summed E-state index contributed by atoms with van der Waals surface area (Å²) in [4.78, 5) is 68.6. The van der Waals surface area contributed by atoms with E-state index in [9.17, 15) is 24.0 Å². The van der Waals surface area contributed by atoms with E-state index in [2.05, 4.69) is 31.9 Å². The van der Waals surface area contributed by atoms with Crippen molar-refractivity contribution in [3.05, 3.63) is 136 Å². The standard InChI is InChI=1S/C45H56ClN9O5/c46-33-22-20-31(21-23-33)26-38(52-40(56)19-9-15-29-11-3-1-4-12-29)43(59)55-39(25-30-13-5-2-6-14-30)44(60)53-36(18-10-24-50-45(48)49)42(58)54-37(41(47)57)27-32-28-51-35-17-8-7-16-34(32)35/h1-8,11-14,16-17,20-23,32,36-39,45,50-51H,9-10,15,18-19,24-28,48-49H2,(H2,47,57)(H,52,56)(H,53,60)(H,54,58)(H,55,59)/t32?,36?,37?,38?,39-/m1/s1. The van der Waals surface area contributed by atoms with Gasteiger partial charge in [0.15, 0.2) is 0 Å². The molecule has 0 saturated carbocycles. The summed E-state index contributed by atoms with van der Waals surface area (Å²) >= 11 is 6.14. The number of hydrogen-bond acceptors (Lipinski definition) is 9. The number of nitrogens with two attached hydrogens (primary N) is 3. The van der Waals surface area contributed by atoms with Gasteiger partial charge in [0, 0.05) is 42.4 Å². The number of hydrogen-bond donors (Lipinski definition) is 9. The van der Waals surface area contributed by atoms with Gasteiger partial charge in [0.25, 0.3) is 0 Å². The van der Waals surface area contributed by atoms with E-state index in [1.807, 2.05) is 84.9 Å². The molecule has 5 rings (SSSR count). The van der Waals surface area contributed by atoms with Crippen molar-refractivity contribution < 1.29 is 24.0 Å². The third-order valence-corrected chi connectivity index (χ3v) is 10.7. The lowest BCUT2D eigenvalue weighted by molar-refractivity contribution is -0.134. The Kier molecular flexibility index (Phi) is 17.4. The lowest BCUT2D eigenvalue weighted by Crippen LogP contribution is -2.59. The third-order valence-electron chi connectivity index (χ3n) is 10.4. The maximum atomic E-state index is 14.3. The molecule has 0 bridgehead atoms. The first kappa shape index (κ1) is 45.3. The first-order valence-corrected chi connectivity index (χ1v) is 20.7. The van der Waals surface area contributed by atoms with Crippen LogP contribution in [0.2, 0.25) is 5.02 Å². The van der Waals surface area contributed by atoms with Crippen LogP contribution >= 0.6 is 11.6 Å². The molecule has 4 aromatic rings. The fourth-order valence-electron chi connectivity index (χ4n) is 7.25. The number of carbonyl (C=O) groups excluding carboxylic acids is 5. The fraction of sp³-hybridized carbons (Fsp3) is 0.356. The first-order chi connectivity index (χ1) is 28.9. The molecule has 0 spiro atoms. The van der Waals surface area contributed by atoms with Crippen LogP contribution in [0.5, 0.6) is 0 Å². The van der Waals surface area contributed by atoms with E-state index in [4.69, 9.17) is 28.8 Å². The van der Waals surface area contributed by atoms with Gasteiger partial charge in [-0.15, -0.1) is 0 Å². The highest BCUT2D eigenvalue weighted by molar-refractivity contribution is 6.30. The van der Waals surface area contributed by atoms with Crippen LogP contribution in [0.4, 0.5) is 5.69 Å². The quantitative estimate of drug-likeness (QED) is 0.0394. The molecule has 14 nitrogen and oxygen atoms in total. The number of aryl methyl sites for hydroxylation is 1. The molecular formula is C45H56ClN9O5. The summed E-state index contributed by atoms with van der Waals surface area (Å²) in [5.74, 6) is -2.95. The van der Waals surface area contributed by atoms with Gasteiger partial charge in [0.2, 0.25) is 29.5 Å². The number of amides is 5. The lowest BCUT2D eigenvalue weighted by Gasteiger charge is -2.27. The molecule has 0 radical (unpaired) electrons. The molecule has 1 heterocycles. The number of fused-ring (bicyclic) bond motifs is 1. The number of halogens is 1. The number of primary amides is 1. The molecule has 15 heteroatoms. The third kappa shape index (κ3) is 14.5. The van der Waals surface area contributed by atoms with Crippen molar-refractivity contribution in [2.24, 2.45) is 17.2 Å². The smallest absolute Gasteiger partial charge is 0.243 e. The van der Waals surface area contributed by atoms with E-state index >= 15 is 0 Å². The SMILES string of the molecule is NC(=O)C(CC1CNc2ccccc21)NC(=O)C(CCCNC(N)N)NC(=O)[C@@H](Cc1ccccc1)NC(=O)C(Cc1ccc(Cl)cc1)NC(=O)CCCc1ccccc1. The van der Waals surface area contributed by atoms with E-state index in [1.54, 1.807) is 24.3 Å². The summed E-state index contributed by atoms with van der Waals surface area (Å²) in [6.45, 7) is 0.904. The molecule has 0 aromatic heterocycles. The molecule has 0 fully saturated rings. The van der Waals surface area contributed by atoms with E-state index in [1.165, 1.54) is 0 Å². The Morgan fingerprint density at radius 2 is 1.20 bits per heavy atom. The van der Waals surface area contributed by atoms with E-state index in [-0.39, 0.29) is 43.9 Å². The minimum Gasteiger partial charge on any atom is -0.384 e. The van der Waals surface area contributed by atoms with Crippen molar-refractivity contribution in [1.82, 2.24) is 26.6 Å². The summed E-state index contributed by atoms with van der Waals surface area (Å²) in [6.07, 6.45) is 1.62. The summed E-state index contributed by atoms with van der Waals surface area (Å²) in [5, 5.41) is 18.1. The van der Waals surface area contributed by atoms with Gasteiger partial charge >= 0.3 is 0 Å². The van der Waals surface area contributed by atoms with Crippen LogP contribution in [0.3, 0.4) is 0 Å². The molecule has 0 aliphatic carbocycles. The first-order valence-electron chi connectivity index (χ1n) is 20.3. The van der Waals surface area contributed by atoms with Gasteiger partial charge in [-0.25, -0.2) is 0 Å². The molecule has 5 amide bonds. The zero-order valence-electron chi connectivity index (χ0n) is 33.6. The van der Waals surface area contributed by atoms with Crippen molar-refractivity contribution in [2.75, 3.05) is 18.4 Å².